The van der Waals surface area contributed by atoms with E-state index in [2.05, 4.69) is 31.5 Å². The maximum atomic E-state index is 11.8. The average molecular weight is 370 g/mol. The predicted molar refractivity (Wildman–Crippen MR) is 92.1 cm³/mol. The summed E-state index contributed by atoms with van der Waals surface area (Å²) in [6.07, 6.45) is 4.25. The molecule has 0 saturated carbocycles. The fourth-order valence-corrected chi connectivity index (χ4v) is 3.15. The van der Waals surface area contributed by atoms with Gasteiger partial charge in [0.25, 0.3) is 0 Å². The lowest BCUT2D eigenvalue weighted by molar-refractivity contribution is 0.157. The standard InChI is InChI=1S/C16H24BrN3O2/c17-14-7-1-2-8-15(14)19-16(22)18-9-3-4-10-20-11-5-6-13(20)12-21/h1-2,7-8,13,21H,3-6,9-12H2,(H2,18,19,22). The molecule has 1 fully saturated rings. The fourth-order valence-electron chi connectivity index (χ4n) is 2.77. The molecule has 6 heteroatoms. The molecule has 5 nitrogen and oxygen atoms in total. The third-order valence-corrected chi connectivity index (χ3v) is 4.68. The minimum Gasteiger partial charge on any atom is -0.395 e. The Balaban J connectivity index is 1.58. The second kappa shape index (κ2) is 9.12. The molecule has 0 spiro atoms. The quantitative estimate of drug-likeness (QED) is 0.647. The summed E-state index contributed by atoms with van der Waals surface area (Å²) in [6.45, 7) is 3.00. The van der Waals surface area contributed by atoms with Crippen molar-refractivity contribution in [3.8, 4) is 0 Å². The number of aliphatic hydroxyl groups excluding tert-OH is 1. The van der Waals surface area contributed by atoms with E-state index in [9.17, 15) is 9.90 Å². The first-order valence-electron chi connectivity index (χ1n) is 7.85. The first-order valence-corrected chi connectivity index (χ1v) is 8.64. The summed E-state index contributed by atoms with van der Waals surface area (Å²) in [5.41, 5.74) is 0.767. The van der Waals surface area contributed by atoms with Gasteiger partial charge in [-0.1, -0.05) is 12.1 Å². The van der Waals surface area contributed by atoms with Crippen LogP contribution >= 0.6 is 15.9 Å². The van der Waals surface area contributed by atoms with Crippen LogP contribution in [0.15, 0.2) is 28.7 Å². The molecule has 22 heavy (non-hydrogen) atoms. The molecular formula is C16H24BrN3O2. The third-order valence-electron chi connectivity index (χ3n) is 3.99. The zero-order valence-electron chi connectivity index (χ0n) is 12.7. The topological polar surface area (TPSA) is 64.6 Å². The lowest BCUT2D eigenvalue weighted by Crippen LogP contribution is -2.34. The van der Waals surface area contributed by atoms with Gasteiger partial charge in [-0.25, -0.2) is 4.79 Å². The zero-order chi connectivity index (χ0) is 15.8. The van der Waals surface area contributed by atoms with Crippen molar-refractivity contribution in [2.75, 3.05) is 31.6 Å². The number of halogens is 1. The van der Waals surface area contributed by atoms with Gasteiger partial charge in [0.05, 0.1) is 12.3 Å². The number of carbonyl (C=O) groups is 1. The Kier molecular flexibility index (Phi) is 7.15. The summed E-state index contributed by atoms with van der Waals surface area (Å²) in [5, 5.41) is 15.0. The van der Waals surface area contributed by atoms with Crippen LogP contribution in [-0.4, -0.2) is 48.3 Å². The molecule has 3 N–H and O–H groups in total. The summed E-state index contributed by atoms with van der Waals surface area (Å²) in [7, 11) is 0. The van der Waals surface area contributed by atoms with Gasteiger partial charge >= 0.3 is 6.03 Å². The lowest BCUT2D eigenvalue weighted by atomic mass is 10.2. The molecule has 1 heterocycles. The van der Waals surface area contributed by atoms with Crippen LogP contribution in [0, 0.1) is 0 Å². The number of unbranched alkanes of at least 4 members (excludes halogenated alkanes) is 1. The molecule has 1 aromatic rings. The summed E-state index contributed by atoms with van der Waals surface area (Å²) in [6, 6.07) is 7.70. The van der Waals surface area contributed by atoms with Gasteiger partial charge in [-0.05, 0) is 66.8 Å². The minimum atomic E-state index is -0.179. The molecule has 0 aromatic heterocycles. The van der Waals surface area contributed by atoms with Crippen LogP contribution in [0.25, 0.3) is 0 Å². The van der Waals surface area contributed by atoms with Gasteiger partial charge in [0, 0.05) is 17.1 Å². The highest BCUT2D eigenvalue weighted by Crippen LogP contribution is 2.20. The number of nitrogens with zero attached hydrogens (tertiary/aromatic N) is 1. The van der Waals surface area contributed by atoms with E-state index in [4.69, 9.17) is 0 Å². The number of amides is 2. The summed E-state index contributed by atoms with van der Waals surface area (Å²) in [4.78, 5) is 14.1. The van der Waals surface area contributed by atoms with Crippen LogP contribution in [0.1, 0.15) is 25.7 Å². The van der Waals surface area contributed by atoms with E-state index in [-0.39, 0.29) is 12.6 Å². The minimum absolute atomic E-state index is 0.179. The number of hydrogen-bond donors (Lipinski definition) is 3. The van der Waals surface area contributed by atoms with E-state index in [1.165, 1.54) is 6.42 Å². The Bertz CT molecular complexity index is 484. The average Bonchev–Trinajstić information content (AvgIpc) is 2.97. The number of rotatable bonds is 7. The number of hydrogen-bond acceptors (Lipinski definition) is 3. The SMILES string of the molecule is O=C(NCCCCN1CCCC1CO)Nc1ccccc1Br. The third kappa shape index (κ3) is 5.26. The molecule has 2 amide bonds. The number of urea groups is 1. The number of aliphatic hydroxyl groups is 1. The van der Waals surface area contributed by atoms with Crippen molar-refractivity contribution in [2.45, 2.75) is 31.7 Å². The Hall–Kier alpha value is -1.11. The molecule has 1 aliphatic heterocycles. The van der Waals surface area contributed by atoms with E-state index in [0.29, 0.717) is 12.6 Å². The van der Waals surface area contributed by atoms with Crippen molar-refractivity contribution in [3.63, 3.8) is 0 Å². The smallest absolute Gasteiger partial charge is 0.319 e. The monoisotopic (exact) mass is 369 g/mol. The fraction of sp³-hybridized carbons (Fsp3) is 0.562. The van der Waals surface area contributed by atoms with Crippen LogP contribution in [0.3, 0.4) is 0 Å². The second-order valence-corrected chi connectivity index (χ2v) is 6.44. The molecule has 1 aliphatic rings. The number of likely N-dealkylation sites (tertiary alicyclic amines) is 1. The summed E-state index contributed by atoms with van der Waals surface area (Å²) >= 11 is 3.40. The molecule has 1 atom stereocenters. The highest BCUT2D eigenvalue weighted by atomic mass is 79.9. The van der Waals surface area contributed by atoms with Crippen LogP contribution in [0.5, 0.6) is 0 Å². The largest absolute Gasteiger partial charge is 0.395 e. The van der Waals surface area contributed by atoms with E-state index in [1.807, 2.05) is 24.3 Å². The van der Waals surface area contributed by atoms with Crippen molar-refractivity contribution in [1.82, 2.24) is 10.2 Å². The first kappa shape index (κ1) is 17.2. The molecule has 1 unspecified atom stereocenters. The van der Waals surface area contributed by atoms with Crippen LogP contribution in [-0.2, 0) is 0 Å². The van der Waals surface area contributed by atoms with E-state index < -0.39 is 0 Å². The number of para-hydroxylation sites is 1. The van der Waals surface area contributed by atoms with E-state index >= 15 is 0 Å². The number of benzene rings is 1. The van der Waals surface area contributed by atoms with Gasteiger partial charge in [-0.2, -0.15) is 0 Å². The van der Waals surface area contributed by atoms with Gasteiger partial charge < -0.3 is 15.7 Å². The Morgan fingerprint density at radius 1 is 1.36 bits per heavy atom. The zero-order valence-corrected chi connectivity index (χ0v) is 14.3. The van der Waals surface area contributed by atoms with Crippen LogP contribution in [0.2, 0.25) is 0 Å². The van der Waals surface area contributed by atoms with Crippen molar-refractivity contribution >= 4 is 27.6 Å². The van der Waals surface area contributed by atoms with Gasteiger partial charge in [0.1, 0.15) is 0 Å². The van der Waals surface area contributed by atoms with Crippen molar-refractivity contribution in [2.24, 2.45) is 0 Å². The number of carbonyl (C=O) groups excluding carboxylic acids is 1. The number of nitrogens with one attached hydrogen (secondary N) is 2. The second-order valence-electron chi connectivity index (χ2n) is 5.58. The Morgan fingerprint density at radius 2 is 2.18 bits per heavy atom. The van der Waals surface area contributed by atoms with E-state index in [1.54, 1.807) is 0 Å². The molecule has 1 saturated heterocycles. The maximum Gasteiger partial charge on any atom is 0.319 e. The summed E-state index contributed by atoms with van der Waals surface area (Å²) < 4.78 is 0.870. The molecule has 0 radical (unpaired) electrons. The van der Waals surface area contributed by atoms with Crippen molar-refractivity contribution in [3.05, 3.63) is 28.7 Å². The lowest BCUT2D eigenvalue weighted by Gasteiger charge is -2.22. The van der Waals surface area contributed by atoms with Crippen LogP contribution in [0.4, 0.5) is 10.5 Å². The molecule has 0 bridgehead atoms. The molecule has 2 rings (SSSR count). The predicted octanol–water partition coefficient (Wildman–Crippen LogP) is 2.81. The Morgan fingerprint density at radius 3 is 2.95 bits per heavy atom. The van der Waals surface area contributed by atoms with Crippen LogP contribution < -0.4 is 10.6 Å². The highest BCUT2D eigenvalue weighted by molar-refractivity contribution is 9.10. The first-order chi connectivity index (χ1) is 10.7. The van der Waals surface area contributed by atoms with Crippen molar-refractivity contribution in [1.29, 1.82) is 0 Å². The van der Waals surface area contributed by atoms with Gasteiger partial charge in [-0.3, -0.25) is 4.90 Å². The Labute approximate surface area is 140 Å². The van der Waals surface area contributed by atoms with Gasteiger partial charge in [0.15, 0.2) is 0 Å². The molecule has 0 aliphatic carbocycles. The van der Waals surface area contributed by atoms with Gasteiger partial charge in [-0.15, -0.1) is 0 Å². The van der Waals surface area contributed by atoms with Gasteiger partial charge in [0.2, 0.25) is 0 Å². The number of anilines is 1. The molecule has 122 valence electrons. The maximum absolute atomic E-state index is 11.8. The molecular weight excluding hydrogens is 346 g/mol. The normalized spacial score (nSPS) is 18.4. The molecule has 1 aromatic carbocycles. The van der Waals surface area contributed by atoms with Crippen molar-refractivity contribution < 1.29 is 9.90 Å². The highest BCUT2D eigenvalue weighted by Gasteiger charge is 2.22. The van der Waals surface area contributed by atoms with E-state index in [0.717, 1.165) is 42.5 Å². The summed E-state index contributed by atoms with van der Waals surface area (Å²) in [5.74, 6) is 0.